The number of para-hydroxylation sites is 2. The smallest absolute Gasteiger partial charge is 0.274 e. The zero-order valence-electron chi connectivity index (χ0n) is 15.8. The van der Waals surface area contributed by atoms with Crippen molar-refractivity contribution in [3.8, 4) is 5.75 Å². The highest BCUT2D eigenvalue weighted by atomic mass is 16.5. The second kappa shape index (κ2) is 8.66. The maximum atomic E-state index is 12.9. The van der Waals surface area contributed by atoms with Gasteiger partial charge in [0.2, 0.25) is 0 Å². The molecule has 3 rings (SSSR count). The zero-order valence-corrected chi connectivity index (χ0v) is 15.8. The predicted molar refractivity (Wildman–Crippen MR) is 104 cm³/mol. The molecule has 0 spiro atoms. The molecule has 2 amide bonds. The van der Waals surface area contributed by atoms with Crippen molar-refractivity contribution in [3.05, 3.63) is 53.9 Å². The Bertz CT molecular complexity index is 822. The minimum Gasteiger partial charge on any atom is -0.495 e. The van der Waals surface area contributed by atoms with Gasteiger partial charge in [0.25, 0.3) is 11.8 Å². The summed E-state index contributed by atoms with van der Waals surface area (Å²) < 4.78 is 5.25. The van der Waals surface area contributed by atoms with Gasteiger partial charge < -0.3 is 15.0 Å². The topological polar surface area (TPSA) is 71.5 Å². The van der Waals surface area contributed by atoms with Crippen molar-refractivity contribution in [2.75, 3.05) is 19.0 Å². The van der Waals surface area contributed by atoms with Crippen molar-refractivity contribution in [1.29, 1.82) is 0 Å². The van der Waals surface area contributed by atoms with Crippen molar-refractivity contribution in [2.24, 2.45) is 0 Å². The van der Waals surface area contributed by atoms with E-state index in [9.17, 15) is 9.59 Å². The molecule has 1 unspecified atom stereocenters. The van der Waals surface area contributed by atoms with Crippen LogP contribution in [0, 0.1) is 0 Å². The first-order valence-corrected chi connectivity index (χ1v) is 9.35. The van der Waals surface area contributed by atoms with Gasteiger partial charge in [0.05, 0.1) is 12.8 Å². The van der Waals surface area contributed by atoms with Crippen molar-refractivity contribution in [1.82, 2.24) is 9.88 Å². The van der Waals surface area contributed by atoms with Gasteiger partial charge >= 0.3 is 0 Å². The maximum Gasteiger partial charge on any atom is 0.274 e. The highest BCUT2D eigenvalue weighted by Gasteiger charge is 2.26. The van der Waals surface area contributed by atoms with Gasteiger partial charge in [0.1, 0.15) is 11.4 Å². The molecule has 142 valence electrons. The molecule has 1 N–H and O–H groups in total. The van der Waals surface area contributed by atoms with Gasteiger partial charge in [-0.25, -0.2) is 0 Å². The van der Waals surface area contributed by atoms with Crippen LogP contribution in [-0.4, -0.2) is 41.4 Å². The molecule has 0 saturated carbocycles. The number of nitrogens with one attached hydrogen (secondary N) is 1. The number of ether oxygens (including phenoxy) is 1. The molecule has 0 radical (unpaired) electrons. The van der Waals surface area contributed by atoms with E-state index in [0.717, 1.165) is 32.2 Å². The lowest BCUT2D eigenvalue weighted by molar-refractivity contribution is 0.0608. The van der Waals surface area contributed by atoms with Gasteiger partial charge in [-0.3, -0.25) is 14.6 Å². The van der Waals surface area contributed by atoms with E-state index in [4.69, 9.17) is 4.74 Å². The number of aromatic nitrogens is 1. The highest BCUT2D eigenvalue weighted by molar-refractivity contribution is 6.05. The molecule has 2 heterocycles. The molecule has 1 saturated heterocycles. The third-order valence-corrected chi connectivity index (χ3v) is 4.95. The number of likely N-dealkylation sites (tertiary alicyclic amines) is 1. The van der Waals surface area contributed by atoms with Crippen LogP contribution in [0.2, 0.25) is 0 Å². The average molecular weight is 367 g/mol. The van der Waals surface area contributed by atoms with Gasteiger partial charge in [0, 0.05) is 24.3 Å². The molecule has 1 atom stereocenters. The van der Waals surface area contributed by atoms with Crippen LogP contribution in [0.1, 0.15) is 53.5 Å². The number of piperidine rings is 1. The molecular formula is C21H25N3O3. The van der Waals surface area contributed by atoms with Crippen LogP contribution < -0.4 is 10.1 Å². The molecule has 1 aromatic carbocycles. The number of anilines is 1. The number of carbonyl (C=O) groups excluding carboxylic acids is 2. The number of methoxy groups -OCH3 is 1. The van der Waals surface area contributed by atoms with Crippen LogP contribution in [0.3, 0.4) is 0 Å². The molecule has 1 aliphatic rings. The fourth-order valence-corrected chi connectivity index (χ4v) is 3.48. The van der Waals surface area contributed by atoms with Crippen LogP contribution in [0.4, 0.5) is 5.69 Å². The van der Waals surface area contributed by atoms with Crippen LogP contribution in [0.5, 0.6) is 5.75 Å². The van der Waals surface area contributed by atoms with Gasteiger partial charge in [-0.15, -0.1) is 0 Å². The summed E-state index contributed by atoms with van der Waals surface area (Å²) in [7, 11) is 1.55. The quantitative estimate of drug-likeness (QED) is 0.874. The minimum absolute atomic E-state index is 0.0321. The fourth-order valence-electron chi connectivity index (χ4n) is 3.48. The number of hydrogen-bond donors (Lipinski definition) is 1. The first-order valence-electron chi connectivity index (χ1n) is 9.35. The van der Waals surface area contributed by atoms with Crippen molar-refractivity contribution < 1.29 is 14.3 Å². The van der Waals surface area contributed by atoms with Crippen molar-refractivity contribution in [3.63, 3.8) is 0 Å². The summed E-state index contributed by atoms with van der Waals surface area (Å²) in [6.45, 7) is 2.87. The minimum atomic E-state index is -0.375. The van der Waals surface area contributed by atoms with E-state index >= 15 is 0 Å². The van der Waals surface area contributed by atoms with Crippen LogP contribution in [-0.2, 0) is 0 Å². The molecule has 1 fully saturated rings. The zero-order chi connectivity index (χ0) is 19.2. The normalized spacial score (nSPS) is 16.7. The maximum absolute atomic E-state index is 12.9. The summed E-state index contributed by atoms with van der Waals surface area (Å²) >= 11 is 0. The third kappa shape index (κ3) is 4.27. The second-order valence-electron chi connectivity index (χ2n) is 6.64. The Kier molecular flexibility index (Phi) is 6.06. The van der Waals surface area contributed by atoms with Gasteiger partial charge in [-0.2, -0.15) is 0 Å². The lowest BCUT2D eigenvalue weighted by Gasteiger charge is -2.35. The lowest BCUT2D eigenvalue weighted by atomic mass is 9.99. The van der Waals surface area contributed by atoms with Crippen molar-refractivity contribution in [2.45, 2.75) is 38.6 Å². The molecule has 0 bridgehead atoms. The SMILES string of the molecule is CCC1CCCCN1C(=O)c1ccnc(C(=O)Nc2ccccc2OC)c1. The van der Waals surface area contributed by atoms with E-state index in [1.807, 2.05) is 17.0 Å². The molecule has 0 aliphatic carbocycles. The Labute approximate surface area is 159 Å². The van der Waals surface area contributed by atoms with E-state index < -0.39 is 0 Å². The lowest BCUT2D eigenvalue weighted by Crippen LogP contribution is -2.43. The Hall–Kier alpha value is -2.89. The van der Waals surface area contributed by atoms with E-state index in [-0.39, 0.29) is 23.6 Å². The van der Waals surface area contributed by atoms with Gasteiger partial charge in [0.15, 0.2) is 0 Å². The van der Waals surface area contributed by atoms with Crippen LogP contribution in [0.15, 0.2) is 42.6 Å². The molecule has 6 nitrogen and oxygen atoms in total. The van der Waals surface area contributed by atoms with Crippen molar-refractivity contribution >= 4 is 17.5 Å². The monoisotopic (exact) mass is 367 g/mol. The standard InChI is InChI=1S/C21H25N3O3/c1-3-16-8-6-7-13-24(16)21(26)15-11-12-22-18(14-15)20(25)23-17-9-4-5-10-19(17)27-2/h4-5,9-12,14,16H,3,6-8,13H2,1-2H3,(H,23,25). The van der Waals surface area contributed by atoms with E-state index in [2.05, 4.69) is 17.2 Å². The number of hydrogen-bond acceptors (Lipinski definition) is 4. The second-order valence-corrected chi connectivity index (χ2v) is 6.64. The number of rotatable bonds is 5. The fraction of sp³-hybridized carbons (Fsp3) is 0.381. The summed E-state index contributed by atoms with van der Waals surface area (Å²) in [6.07, 6.45) is 5.67. The van der Waals surface area contributed by atoms with E-state index in [0.29, 0.717) is 17.0 Å². The number of amides is 2. The summed E-state index contributed by atoms with van der Waals surface area (Å²) in [5, 5.41) is 2.79. The molecule has 27 heavy (non-hydrogen) atoms. The predicted octanol–water partition coefficient (Wildman–Crippen LogP) is 3.75. The molecule has 2 aromatic rings. The van der Waals surface area contributed by atoms with Gasteiger partial charge in [-0.05, 0) is 49.9 Å². The number of nitrogens with zero attached hydrogens (tertiary/aromatic N) is 2. The molecule has 6 heteroatoms. The van der Waals surface area contributed by atoms with E-state index in [1.165, 1.54) is 6.20 Å². The Morgan fingerprint density at radius 2 is 2.07 bits per heavy atom. The number of pyridine rings is 1. The summed E-state index contributed by atoms with van der Waals surface area (Å²) in [6, 6.07) is 10.7. The highest BCUT2D eigenvalue weighted by Crippen LogP contribution is 2.24. The largest absolute Gasteiger partial charge is 0.495 e. The summed E-state index contributed by atoms with van der Waals surface area (Å²) in [5.41, 5.74) is 1.26. The first kappa shape index (κ1) is 18.9. The molecule has 1 aliphatic heterocycles. The molecular weight excluding hydrogens is 342 g/mol. The average Bonchev–Trinajstić information content (AvgIpc) is 2.73. The third-order valence-electron chi connectivity index (χ3n) is 4.95. The van der Waals surface area contributed by atoms with Gasteiger partial charge in [-0.1, -0.05) is 19.1 Å². The Morgan fingerprint density at radius 3 is 2.85 bits per heavy atom. The summed E-state index contributed by atoms with van der Waals surface area (Å²) in [5.74, 6) is 0.160. The molecule has 1 aromatic heterocycles. The van der Waals surface area contributed by atoms with Crippen LogP contribution >= 0.6 is 0 Å². The summed E-state index contributed by atoms with van der Waals surface area (Å²) in [4.78, 5) is 31.6. The van der Waals surface area contributed by atoms with E-state index in [1.54, 1.807) is 31.4 Å². The Balaban J connectivity index is 1.78. The first-order chi connectivity index (χ1) is 13.1. The number of benzene rings is 1. The van der Waals surface area contributed by atoms with Crippen LogP contribution in [0.25, 0.3) is 0 Å². The number of carbonyl (C=O) groups is 2. The Morgan fingerprint density at radius 1 is 1.26 bits per heavy atom.